The van der Waals surface area contributed by atoms with Gasteiger partial charge in [0.1, 0.15) is 6.04 Å². The van der Waals surface area contributed by atoms with Gasteiger partial charge in [-0.15, -0.1) is 11.8 Å². The zero-order valence-electron chi connectivity index (χ0n) is 19.0. The molecule has 0 saturated carbocycles. The highest BCUT2D eigenvalue weighted by atomic mass is 32.2. The number of nitrogens with two attached hydrogens (primary N) is 1. The molecule has 170 valence electrons. The number of benzene rings is 2. The Hall–Kier alpha value is -2.31. The number of fused-ring (bicyclic) bond motifs is 2. The predicted molar refractivity (Wildman–Crippen MR) is 130 cm³/mol. The average Bonchev–Trinajstić information content (AvgIpc) is 3.15. The first-order valence-electron chi connectivity index (χ1n) is 11.4. The van der Waals surface area contributed by atoms with E-state index in [0.717, 1.165) is 43.7 Å². The lowest BCUT2D eigenvalue weighted by molar-refractivity contribution is -0.138. The number of carbonyl (C=O) groups is 2. The number of amides is 2. The number of hydrogen-bond donors (Lipinski definition) is 2. The van der Waals surface area contributed by atoms with Gasteiger partial charge in [0.2, 0.25) is 11.8 Å². The van der Waals surface area contributed by atoms with Crippen molar-refractivity contribution in [2.45, 2.75) is 61.4 Å². The van der Waals surface area contributed by atoms with E-state index in [-0.39, 0.29) is 17.2 Å². The molecule has 0 aliphatic carbocycles. The fraction of sp³-hybridized carbons (Fsp3) is 0.462. The van der Waals surface area contributed by atoms with Gasteiger partial charge < -0.3 is 16.0 Å². The number of piperidine rings is 1. The first kappa shape index (κ1) is 22.9. The van der Waals surface area contributed by atoms with Gasteiger partial charge in [0.25, 0.3) is 0 Å². The molecule has 5 nitrogen and oxygen atoms in total. The highest BCUT2D eigenvalue weighted by molar-refractivity contribution is 7.99. The number of likely N-dealkylation sites (tertiary alicyclic amines) is 1. The van der Waals surface area contributed by atoms with Gasteiger partial charge in [-0.3, -0.25) is 9.59 Å². The van der Waals surface area contributed by atoms with Crippen LogP contribution in [-0.2, 0) is 21.4 Å². The van der Waals surface area contributed by atoms with E-state index in [1.165, 1.54) is 10.5 Å². The smallest absolute Gasteiger partial charge is 0.245 e. The quantitative estimate of drug-likeness (QED) is 0.705. The normalized spacial score (nSPS) is 18.3. The van der Waals surface area contributed by atoms with E-state index in [1.54, 1.807) is 13.8 Å². The molecule has 4 rings (SSSR count). The van der Waals surface area contributed by atoms with Crippen LogP contribution >= 0.6 is 11.8 Å². The number of nitrogens with zero attached hydrogens (tertiary/aromatic N) is 1. The van der Waals surface area contributed by atoms with Gasteiger partial charge in [0, 0.05) is 29.2 Å². The van der Waals surface area contributed by atoms with Crippen molar-refractivity contribution in [1.82, 2.24) is 10.2 Å². The molecule has 1 fully saturated rings. The Balaban J connectivity index is 1.44. The zero-order chi connectivity index (χ0) is 22.8. The molecule has 2 heterocycles. The number of thioether (sulfide) groups is 1. The maximum absolute atomic E-state index is 13.5. The Morgan fingerprint density at radius 2 is 1.75 bits per heavy atom. The molecule has 1 saturated heterocycles. The molecule has 32 heavy (non-hydrogen) atoms. The maximum atomic E-state index is 13.5. The third-order valence-electron chi connectivity index (χ3n) is 6.75. The van der Waals surface area contributed by atoms with E-state index in [9.17, 15) is 9.59 Å². The van der Waals surface area contributed by atoms with E-state index in [1.807, 2.05) is 34.9 Å². The standard InChI is InChI=1S/C26H33N3O2S/c1-25(2,27)24(31)28-21(13-12-19-8-4-3-5-9-19)23(30)29-16-14-26(15-17-29)18-32-22-11-7-6-10-20(22)26/h3-11,21H,12-18,27H2,1-2H3,(H,28,31)/t21-/m1/s1. The van der Waals surface area contributed by atoms with Crippen molar-refractivity contribution in [3.63, 3.8) is 0 Å². The molecule has 6 heteroatoms. The van der Waals surface area contributed by atoms with Crippen LogP contribution in [0.25, 0.3) is 0 Å². The monoisotopic (exact) mass is 451 g/mol. The molecule has 0 aromatic heterocycles. The molecule has 2 aliphatic rings. The summed E-state index contributed by atoms with van der Waals surface area (Å²) >= 11 is 1.93. The number of hydrogen-bond acceptors (Lipinski definition) is 4. The Bertz CT molecular complexity index is 963. The lowest BCUT2D eigenvalue weighted by atomic mass is 9.74. The van der Waals surface area contributed by atoms with Crippen molar-refractivity contribution in [2.75, 3.05) is 18.8 Å². The number of aryl methyl sites for hydroxylation is 1. The van der Waals surface area contributed by atoms with Crippen LogP contribution in [-0.4, -0.2) is 47.1 Å². The summed E-state index contributed by atoms with van der Waals surface area (Å²) in [5.41, 5.74) is 7.74. The molecule has 2 aromatic rings. The third kappa shape index (κ3) is 4.86. The van der Waals surface area contributed by atoms with Crippen LogP contribution in [0, 0.1) is 0 Å². The lowest BCUT2D eigenvalue weighted by Gasteiger charge is -2.41. The van der Waals surface area contributed by atoms with E-state index < -0.39 is 11.6 Å². The number of carbonyl (C=O) groups excluding carboxylic acids is 2. The van der Waals surface area contributed by atoms with Gasteiger partial charge in [0.05, 0.1) is 5.54 Å². The van der Waals surface area contributed by atoms with E-state index >= 15 is 0 Å². The Labute approximate surface area is 195 Å². The van der Waals surface area contributed by atoms with Gasteiger partial charge in [-0.25, -0.2) is 0 Å². The van der Waals surface area contributed by atoms with Crippen molar-refractivity contribution in [2.24, 2.45) is 5.73 Å². The second kappa shape index (κ2) is 9.28. The minimum absolute atomic E-state index is 0.00677. The van der Waals surface area contributed by atoms with Crippen LogP contribution in [0.2, 0.25) is 0 Å². The Morgan fingerprint density at radius 3 is 2.44 bits per heavy atom. The van der Waals surface area contributed by atoms with Gasteiger partial charge in [-0.05, 0) is 56.7 Å². The molecule has 0 unspecified atom stereocenters. The molecular weight excluding hydrogens is 418 g/mol. The Kier molecular flexibility index (Phi) is 6.63. The summed E-state index contributed by atoms with van der Waals surface area (Å²) in [7, 11) is 0. The van der Waals surface area contributed by atoms with Gasteiger partial charge in [-0.1, -0.05) is 48.5 Å². The summed E-state index contributed by atoms with van der Waals surface area (Å²) in [5.74, 6) is 0.801. The number of rotatable bonds is 6. The summed E-state index contributed by atoms with van der Waals surface area (Å²) in [5, 5.41) is 2.94. The molecule has 1 spiro atoms. The third-order valence-corrected chi connectivity index (χ3v) is 8.11. The minimum atomic E-state index is -1.03. The Morgan fingerprint density at radius 1 is 1.09 bits per heavy atom. The molecule has 1 atom stereocenters. The average molecular weight is 452 g/mol. The molecule has 0 radical (unpaired) electrons. The van der Waals surface area contributed by atoms with E-state index in [0.29, 0.717) is 6.42 Å². The van der Waals surface area contributed by atoms with Crippen molar-refractivity contribution >= 4 is 23.6 Å². The molecule has 3 N–H and O–H groups in total. The highest BCUT2D eigenvalue weighted by Gasteiger charge is 2.43. The largest absolute Gasteiger partial charge is 0.343 e. The van der Waals surface area contributed by atoms with Crippen molar-refractivity contribution in [3.05, 3.63) is 65.7 Å². The summed E-state index contributed by atoms with van der Waals surface area (Å²) in [6.07, 6.45) is 3.21. The first-order valence-corrected chi connectivity index (χ1v) is 12.4. The fourth-order valence-electron chi connectivity index (χ4n) is 4.67. The van der Waals surface area contributed by atoms with Crippen molar-refractivity contribution in [1.29, 1.82) is 0 Å². The second-order valence-electron chi connectivity index (χ2n) is 9.66. The summed E-state index contributed by atoms with van der Waals surface area (Å²) < 4.78 is 0. The summed E-state index contributed by atoms with van der Waals surface area (Å²) in [6.45, 7) is 4.77. The molecule has 2 aliphatic heterocycles. The minimum Gasteiger partial charge on any atom is -0.343 e. The SMILES string of the molecule is CC(C)(N)C(=O)N[C@H](CCc1ccccc1)C(=O)N1CCC2(CC1)CSc1ccccc12. The topological polar surface area (TPSA) is 75.4 Å². The highest BCUT2D eigenvalue weighted by Crippen LogP contribution is 2.49. The fourth-order valence-corrected chi connectivity index (χ4v) is 6.16. The van der Waals surface area contributed by atoms with Gasteiger partial charge in [0.15, 0.2) is 0 Å². The van der Waals surface area contributed by atoms with Crippen LogP contribution in [0.5, 0.6) is 0 Å². The molecular formula is C26H33N3O2S. The molecule has 0 bridgehead atoms. The number of nitrogens with one attached hydrogen (secondary N) is 1. The molecule has 2 amide bonds. The van der Waals surface area contributed by atoms with Crippen LogP contribution in [0.3, 0.4) is 0 Å². The van der Waals surface area contributed by atoms with Crippen molar-refractivity contribution < 1.29 is 9.59 Å². The zero-order valence-corrected chi connectivity index (χ0v) is 19.8. The van der Waals surface area contributed by atoms with Crippen LogP contribution < -0.4 is 11.1 Å². The first-order chi connectivity index (χ1) is 15.3. The van der Waals surface area contributed by atoms with Gasteiger partial charge >= 0.3 is 0 Å². The second-order valence-corrected chi connectivity index (χ2v) is 10.7. The summed E-state index contributed by atoms with van der Waals surface area (Å²) in [6, 6.07) is 18.2. The van der Waals surface area contributed by atoms with Crippen LogP contribution in [0.4, 0.5) is 0 Å². The lowest BCUT2D eigenvalue weighted by Crippen LogP contribution is -2.57. The van der Waals surface area contributed by atoms with E-state index in [4.69, 9.17) is 5.73 Å². The molecule has 2 aromatic carbocycles. The summed E-state index contributed by atoms with van der Waals surface area (Å²) in [4.78, 5) is 29.4. The van der Waals surface area contributed by atoms with Crippen LogP contribution in [0.15, 0.2) is 59.5 Å². The maximum Gasteiger partial charge on any atom is 0.245 e. The van der Waals surface area contributed by atoms with Gasteiger partial charge in [-0.2, -0.15) is 0 Å². The van der Waals surface area contributed by atoms with E-state index in [2.05, 4.69) is 41.7 Å². The van der Waals surface area contributed by atoms with Crippen LogP contribution in [0.1, 0.15) is 44.2 Å². The van der Waals surface area contributed by atoms with Crippen molar-refractivity contribution in [3.8, 4) is 0 Å². The predicted octanol–water partition coefficient (Wildman–Crippen LogP) is 3.51.